The van der Waals surface area contributed by atoms with Crippen molar-refractivity contribution in [3.63, 3.8) is 0 Å². The van der Waals surface area contributed by atoms with Gasteiger partial charge in [-0.2, -0.15) is 0 Å². The number of hydrogen-bond donors (Lipinski definition) is 0. The zero-order valence-corrected chi connectivity index (χ0v) is 21.0. The molecule has 4 aromatic rings. The van der Waals surface area contributed by atoms with Crippen LogP contribution in [0.2, 0.25) is 0 Å². The Morgan fingerprint density at radius 1 is 0.594 bits per heavy atom. The van der Waals surface area contributed by atoms with Gasteiger partial charge < -0.3 is 14.2 Å². The van der Waals surface area contributed by atoms with E-state index in [0.717, 1.165) is 11.5 Å². The molecule has 0 saturated heterocycles. The van der Waals surface area contributed by atoms with Crippen LogP contribution in [0, 0.1) is 0 Å². The molecule has 0 spiro atoms. The van der Waals surface area contributed by atoms with Crippen LogP contribution in [0.3, 0.4) is 0 Å². The molecule has 1 aliphatic carbocycles. The van der Waals surface area contributed by atoms with Gasteiger partial charge in [-0.25, -0.2) is 0 Å². The van der Waals surface area contributed by atoms with Crippen molar-refractivity contribution in [3.05, 3.63) is 119 Å². The molecular weight excluding hydrogens is 568 g/mol. The average Bonchev–Trinajstić information content (AvgIpc) is 3.14. The molecule has 32 heavy (non-hydrogen) atoms. The Bertz CT molecular complexity index is 1150. The fourth-order valence-corrected chi connectivity index (χ4v) is 4.79. The molecule has 0 unspecified atom stereocenters. The molecule has 160 valence electrons. The molecule has 1 aliphatic rings. The van der Waals surface area contributed by atoms with Crippen molar-refractivity contribution < 1.29 is 35.3 Å². The van der Waals surface area contributed by atoms with Gasteiger partial charge in [0.05, 0.1) is 12.5 Å². The summed E-state index contributed by atoms with van der Waals surface area (Å²) >= 11 is 0. The van der Waals surface area contributed by atoms with E-state index in [1.165, 1.54) is 33.4 Å². The van der Waals surface area contributed by atoms with Crippen LogP contribution in [0.1, 0.15) is 22.3 Å². The maximum Gasteiger partial charge on any atom is 0.188 e. The Hall–Kier alpha value is -2.87. The summed E-state index contributed by atoms with van der Waals surface area (Å²) in [6.07, 6.45) is 0. The van der Waals surface area contributed by atoms with Crippen molar-refractivity contribution >= 4 is 0 Å². The first kappa shape index (κ1) is 22.3. The molecule has 4 heteroatoms. The first-order valence-corrected chi connectivity index (χ1v) is 10.3. The standard InChI is InChI=1S/C28H24O3.W/c1-29-19-31-23-17-13-21(14-18-23)28(20-11-15-22(30-2)16-12-20)26-9-5-3-7-24(26)25-8-4-6-10-27(25)28;/h3-18H,19H2,1-2H3;. The van der Waals surface area contributed by atoms with Gasteiger partial charge in [-0.15, -0.1) is 0 Å². The third-order valence-electron chi connectivity index (χ3n) is 6.11. The van der Waals surface area contributed by atoms with Gasteiger partial charge in [0.15, 0.2) is 6.79 Å². The van der Waals surface area contributed by atoms with Crippen LogP contribution >= 0.6 is 0 Å². The number of ether oxygens (including phenoxy) is 3. The van der Waals surface area contributed by atoms with Crippen molar-refractivity contribution in [2.45, 2.75) is 5.41 Å². The van der Waals surface area contributed by atoms with Crippen molar-refractivity contribution in [1.29, 1.82) is 0 Å². The Labute approximate surface area is 203 Å². The summed E-state index contributed by atoms with van der Waals surface area (Å²) in [6.45, 7) is 0.231. The second-order valence-electron chi connectivity index (χ2n) is 7.64. The van der Waals surface area contributed by atoms with Crippen LogP contribution in [0.15, 0.2) is 97.1 Å². The van der Waals surface area contributed by atoms with E-state index in [4.69, 9.17) is 14.2 Å². The summed E-state index contributed by atoms with van der Waals surface area (Å²) in [5, 5.41) is 0. The Morgan fingerprint density at radius 3 is 1.53 bits per heavy atom. The van der Waals surface area contributed by atoms with E-state index >= 15 is 0 Å². The maximum absolute atomic E-state index is 5.64. The molecule has 0 saturated carbocycles. The summed E-state index contributed by atoms with van der Waals surface area (Å²) in [6, 6.07) is 34.2. The predicted molar refractivity (Wildman–Crippen MR) is 123 cm³/mol. The van der Waals surface area contributed by atoms with E-state index in [1.54, 1.807) is 14.2 Å². The Balaban J connectivity index is 0.00000245. The number of fused-ring (bicyclic) bond motifs is 3. The van der Waals surface area contributed by atoms with Crippen molar-refractivity contribution in [1.82, 2.24) is 0 Å². The molecule has 0 bridgehead atoms. The summed E-state index contributed by atoms with van der Waals surface area (Å²) in [5.41, 5.74) is 7.09. The third kappa shape index (κ3) is 3.46. The van der Waals surface area contributed by atoms with Gasteiger partial charge >= 0.3 is 0 Å². The summed E-state index contributed by atoms with van der Waals surface area (Å²) in [7, 11) is 3.32. The molecule has 0 heterocycles. The summed E-state index contributed by atoms with van der Waals surface area (Å²) < 4.78 is 16.1. The second-order valence-corrected chi connectivity index (χ2v) is 7.64. The van der Waals surface area contributed by atoms with Crippen molar-refractivity contribution in [3.8, 4) is 22.6 Å². The first-order chi connectivity index (χ1) is 15.3. The maximum atomic E-state index is 5.64. The van der Waals surface area contributed by atoms with Crippen molar-refractivity contribution in [2.75, 3.05) is 21.0 Å². The van der Waals surface area contributed by atoms with Gasteiger partial charge in [0.2, 0.25) is 0 Å². The fraction of sp³-hybridized carbons (Fsp3) is 0.143. The van der Waals surface area contributed by atoms with Crippen LogP contribution in [0.4, 0.5) is 0 Å². The molecule has 0 aliphatic heterocycles. The average molecular weight is 592 g/mol. The molecule has 0 N–H and O–H groups in total. The molecule has 3 nitrogen and oxygen atoms in total. The van der Waals surface area contributed by atoms with E-state index in [-0.39, 0.29) is 27.9 Å². The van der Waals surface area contributed by atoms with Crippen LogP contribution < -0.4 is 9.47 Å². The van der Waals surface area contributed by atoms with Crippen molar-refractivity contribution in [2.24, 2.45) is 0 Å². The number of rotatable bonds is 6. The molecule has 0 atom stereocenters. The Morgan fingerprint density at radius 2 is 1.06 bits per heavy atom. The number of hydrogen-bond acceptors (Lipinski definition) is 3. The van der Waals surface area contributed by atoms with Crippen LogP contribution in [-0.2, 0) is 31.2 Å². The molecular formula is C28H24O3W. The molecule has 0 amide bonds. The minimum absolute atomic E-state index is 0. The summed E-state index contributed by atoms with van der Waals surface area (Å²) in [5.74, 6) is 1.64. The van der Waals surface area contributed by atoms with Crippen LogP contribution in [-0.4, -0.2) is 21.0 Å². The second kappa shape index (κ2) is 9.32. The predicted octanol–water partition coefficient (Wildman–Crippen LogP) is 6.04. The van der Waals surface area contributed by atoms with Gasteiger partial charge in [0.25, 0.3) is 0 Å². The largest absolute Gasteiger partial charge is 0.497 e. The number of methoxy groups -OCH3 is 2. The normalized spacial score (nSPS) is 12.9. The molecule has 0 fully saturated rings. The minimum Gasteiger partial charge on any atom is -0.497 e. The monoisotopic (exact) mass is 592 g/mol. The van der Waals surface area contributed by atoms with Gasteiger partial charge in [-0.1, -0.05) is 72.8 Å². The van der Waals surface area contributed by atoms with E-state index in [1.807, 2.05) is 24.3 Å². The van der Waals surface area contributed by atoms with Gasteiger partial charge in [-0.3, -0.25) is 0 Å². The summed E-state index contributed by atoms with van der Waals surface area (Å²) in [4.78, 5) is 0. The zero-order chi connectivity index (χ0) is 21.3. The van der Waals surface area contributed by atoms with Crippen LogP contribution in [0.25, 0.3) is 11.1 Å². The van der Waals surface area contributed by atoms with E-state index in [0.29, 0.717) is 0 Å². The van der Waals surface area contributed by atoms with Gasteiger partial charge in [0, 0.05) is 28.2 Å². The fourth-order valence-electron chi connectivity index (χ4n) is 4.79. The number of benzene rings is 4. The zero-order valence-electron chi connectivity index (χ0n) is 18.1. The molecule has 5 rings (SSSR count). The first-order valence-electron chi connectivity index (χ1n) is 10.3. The minimum atomic E-state index is -0.417. The quantitative estimate of drug-likeness (QED) is 0.225. The van der Waals surface area contributed by atoms with E-state index in [2.05, 4.69) is 72.8 Å². The third-order valence-corrected chi connectivity index (χ3v) is 6.11. The van der Waals surface area contributed by atoms with E-state index < -0.39 is 5.41 Å². The molecule has 0 radical (unpaired) electrons. The van der Waals surface area contributed by atoms with Crippen LogP contribution in [0.5, 0.6) is 11.5 Å². The van der Waals surface area contributed by atoms with Gasteiger partial charge in [0.1, 0.15) is 11.5 Å². The molecule has 4 aromatic carbocycles. The van der Waals surface area contributed by atoms with E-state index in [9.17, 15) is 0 Å². The molecule has 0 aromatic heterocycles. The van der Waals surface area contributed by atoms with Gasteiger partial charge in [-0.05, 0) is 57.6 Å². The Kier molecular flexibility index (Phi) is 6.50. The smallest absolute Gasteiger partial charge is 0.188 e. The SMILES string of the molecule is COCOc1ccc(C2(c3ccc(OC)cc3)c3ccccc3-c3ccccc32)cc1.[W]. The topological polar surface area (TPSA) is 27.7 Å².